The van der Waals surface area contributed by atoms with Crippen molar-refractivity contribution in [3.63, 3.8) is 0 Å². The normalized spacial score (nSPS) is 21.1. The van der Waals surface area contributed by atoms with E-state index in [1.165, 1.54) is 12.1 Å². The van der Waals surface area contributed by atoms with Gasteiger partial charge >= 0.3 is 12.0 Å². The fourth-order valence-corrected chi connectivity index (χ4v) is 2.22. The molecule has 1 aromatic rings. The van der Waals surface area contributed by atoms with E-state index >= 15 is 0 Å². The lowest BCUT2D eigenvalue weighted by Gasteiger charge is -2.21. The van der Waals surface area contributed by atoms with Crippen LogP contribution in [0.15, 0.2) is 24.3 Å². The number of benzene rings is 1. The molecule has 8 nitrogen and oxygen atoms in total. The van der Waals surface area contributed by atoms with Crippen molar-refractivity contribution in [2.24, 2.45) is 5.73 Å². The second-order valence-corrected chi connectivity index (χ2v) is 4.77. The standard InChI is InChI=1S/C13H15N3O5/c14-11(18)7-2-1-3-8(4-7)15-13(21)16-6-9(17)5-10(16)12(19)20/h1-4,9-10,17H,5-6H2,(H2,14,18)(H,15,21)(H,19,20)/t9-,10-/m1/s1. The fraction of sp³-hybridized carbons (Fsp3) is 0.308. The Morgan fingerprint density at radius 2 is 2.05 bits per heavy atom. The van der Waals surface area contributed by atoms with Gasteiger partial charge in [0.05, 0.1) is 6.10 Å². The van der Waals surface area contributed by atoms with Crippen LogP contribution in [0.4, 0.5) is 10.5 Å². The largest absolute Gasteiger partial charge is 0.480 e. The quantitative estimate of drug-likeness (QED) is 0.614. The molecule has 3 amide bonds. The van der Waals surface area contributed by atoms with Gasteiger partial charge in [-0.3, -0.25) is 4.79 Å². The Labute approximate surface area is 120 Å². The summed E-state index contributed by atoms with van der Waals surface area (Å²) >= 11 is 0. The van der Waals surface area contributed by atoms with E-state index in [1.54, 1.807) is 12.1 Å². The number of aliphatic hydroxyl groups excluding tert-OH is 1. The second kappa shape index (κ2) is 5.80. The summed E-state index contributed by atoms with van der Waals surface area (Å²) in [6, 6.07) is 4.26. The highest BCUT2D eigenvalue weighted by Crippen LogP contribution is 2.20. The van der Waals surface area contributed by atoms with Gasteiger partial charge < -0.3 is 26.2 Å². The summed E-state index contributed by atoms with van der Waals surface area (Å²) in [5.41, 5.74) is 5.69. The van der Waals surface area contributed by atoms with Crippen LogP contribution in [0.3, 0.4) is 0 Å². The summed E-state index contributed by atoms with van der Waals surface area (Å²) in [5, 5.41) is 21.0. The molecule has 5 N–H and O–H groups in total. The van der Waals surface area contributed by atoms with E-state index in [2.05, 4.69) is 5.32 Å². The summed E-state index contributed by atoms with van der Waals surface area (Å²) in [4.78, 5) is 35.3. The highest BCUT2D eigenvalue weighted by atomic mass is 16.4. The van der Waals surface area contributed by atoms with Crippen molar-refractivity contribution < 1.29 is 24.6 Å². The predicted molar refractivity (Wildman–Crippen MR) is 72.7 cm³/mol. The third-order valence-electron chi connectivity index (χ3n) is 3.22. The Morgan fingerprint density at radius 3 is 2.67 bits per heavy atom. The van der Waals surface area contributed by atoms with Crippen LogP contribution in [-0.4, -0.2) is 51.7 Å². The number of hydrogen-bond donors (Lipinski definition) is 4. The molecule has 1 saturated heterocycles. The maximum atomic E-state index is 12.1. The predicted octanol–water partition coefficient (Wildman–Crippen LogP) is -0.163. The molecule has 0 aliphatic carbocycles. The van der Waals surface area contributed by atoms with Crippen molar-refractivity contribution in [1.82, 2.24) is 4.90 Å². The average molecular weight is 293 g/mol. The Balaban J connectivity index is 2.12. The third kappa shape index (κ3) is 3.29. The number of nitrogens with zero attached hydrogens (tertiary/aromatic N) is 1. The molecule has 2 atom stereocenters. The van der Waals surface area contributed by atoms with Crippen molar-refractivity contribution in [1.29, 1.82) is 0 Å². The number of nitrogens with two attached hydrogens (primary N) is 1. The SMILES string of the molecule is NC(=O)c1cccc(NC(=O)N2C[C@H](O)C[C@@H]2C(=O)O)c1. The van der Waals surface area contributed by atoms with E-state index in [-0.39, 0.29) is 18.5 Å². The number of carboxylic acids is 1. The van der Waals surface area contributed by atoms with Crippen LogP contribution in [0.25, 0.3) is 0 Å². The minimum Gasteiger partial charge on any atom is -0.480 e. The fourth-order valence-electron chi connectivity index (χ4n) is 2.22. The number of hydrogen-bond acceptors (Lipinski definition) is 4. The number of carbonyl (C=O) groups is 3. The first-order chi connectivity index (χ1) is 9.88. The number of urea groups is 1. The smallest absolute Gasteiger partial charge is 0.326 e. The molecule has 1 fully saturated rings. The molecule has 0 saturated carbocycles. The Kier molecular flexibility index (Phi) is 4.08. The molecule has 0 bridgehead atoms. The maximum absolute atomic E-state index is 12.1. The minimum atomic E-state index is -1.17. The third-order valence-corrected chi connectivity index (χ3v) is 3.22. The van der Waals surface area contributed by atoms with Crippen LogP contribution in [0, 0.1) is 0 Å². The molecular weight excluding hydrogens is 278 g/mol. The molecule has 1 aromatic carbocycles. The number of anilines is 1. The van der Waals surface area contributed by atoms with Crippen LogP contribution in [0.5, 0.6) is 0 Å². The van der Waals surface area contributed by atoms with Gasteiger partial charge in [-0.1, -0.05) is 6.07 Å². The highest BCUT2D eigenvalue weighted by molar-refractivity contribution is 5.96. The zero-order valence-electron chi connectivity index (χ0n) is 11.0. The molecule has 0 aromatic heterocycles. The summed E-state index contributed by atoms with van der Waals surface area (Å²) < 4.78 is 0. The molecule has 2 rings (SSSR count). The van der Waals surface area contributed by atoms with E-state index in [0.29, 0.717) is 5.69 Å². The maximum Gasteiger partial charge on any atom is 0.326 e. The van der Waals surface area contributed by atoms with Crippen molar-refractivity contribution in [3.8, 4) is 0 Å². The molecule has 21 heavy (non-hydrogen) atoms. The number of aliphatic carboxylic acids is 1. The van der Waals surface area contributed by atoms with Gasteiger partial charge in [-0.15, -0.1) is 0 Å². The lowest BCUT2D eigenvalue weighted by atomic mass is 10.2. The Hall–Kier alpha value is -2.61. The summed E-state index contributed by atoms with van der Waals surface area (Å²) in [7, 11) is 0. The zero-order chi connectivity index (χ0) is 15.6. The Bertz CT molecular complexity index is 589. The highest BCUT2D eigenvalue weighted by Gasteiger charge is 2.38. The van der Waals surface area contributed by atoms with Gasteiger partial charge in [-0.05, 0) is 18.2 Å². The number of β-amino-alcohol motifs (C(OH)–C–C–N with tert-alkyl or cyclic N) is 1. The van der Waals surface area contributed by atoms with Crippen LogP contribution >= 0.6 is 0 Å². The summed E-state index contributed by atoms with van der Waals surface area (Å²) in [6.07, 6.45) is -0.877. The first-order valence-electron chi connectivity index (χ1n) is 6.27. The monoisotopic (exact) mass is 293 g/mol. The Morgan fingerprint density at radius 1 is 1.33 bits per heavy atom. The zero-order valence-corrected chi connectivity index (χ0v) is 11.0. The number of carbonyl (C=O) groups excluding carboxylic acids is 2. The molecular formula is C13H15N3O5. The van der Waals surface area contributed by atoms with Gasteiger partial charge in [-0.25, -0.2) is 9.59 Å². The minimum absolute atomic E-state index is 0.00984. The number of amides is 3. The van der Waals surface area contributed by atoms with Crippen LogP contribution < -0.4 is 11.1 Å². The van der Waals surface area contributed by atoms with Crippen molar-refractivity contribution in [2.75, 3.05) is 11.9 Å². The molecule has 0 spiro atoms. The van der Waals surface area contributed by atoms with E-state index in [0.717, 1.165) is 4.90 Å². The van der Waals surface area contributed by atoms with Crippen molar-refractivity contribution in [2.45, 2.75) is 18.6 Å². The molecule has 112 valence electrons. The van der Waals surface area contributed by atoms with Crippen LogP contribution in [0.2, 0.25) is 0 Å². The lowest BCUT2D eigenvalue weighted by molar-refractivity contribution is -0.141. The first kappa shape index (κ1) is 14.8. The molecule has 1 aliphatic rings. The van der Waals surface area contributed by atoms with Crippen molar-refractivity contribution >= 4 is 23.6 Å². The van der Waals surface area contributed by atoms with Crippen LogP contribution in [-0.2, 0) is 4.79 Å². The molecule has 0 radical (unpaired) electrons. The summed E-state index contributed by atoms with van der Waals surface area (Å²) in [5.74, 6) is -1.81. The molecule has 1 heterocycles. The number of carboxylic acid groups (broad SMARTS) is 1. The van der Waals surface area contributed by atoms with E-state index in [4.69, 9.17) is 10.8 Å². The first-order valence-corrected chi connectivity index (χ1v) is 6.27. The average Bonchev–Trinajstić information content (AvgIpc) is 2.81. The number of aliphatic hydroxyl groups is 1. The molecule has 8 heteroatoms. The summed E-state index contributed by atoms with van der Waals surface area (Å²) in [6.45, 7) is -0.0572. The number of nitrogens with one attached hydrogen (secondary N) is 1. The number of primary amides is 1. The van der Waals surface area contributed by atoms with Crippen LogP contribution in [0.1, 0.15) is 16.8 Å². The second-order valence-electron chi connectivity index (χ2n) is 4.77. The van der Waals surface area contributed by atoms with Gasteiger partial charge in [0, 0.05) is 24.2 Å². The van der Waals surface area contributed by atoms with E-state index in [9.17, 15) is 19.5 Å². The number of rotatable bonds is 3. The molecule has 1 aliphatic heterocycles. The van der Waals surface area contributed by atoms with Gasteiger partial charge in [0.15, 0.2) is 0 Å². The van der Waals surface area contributed by atoms with E-state index < -0.39 is 30.1 Å². The van der Waals surface area contributed by atoms with E-state index in [1.807, 2.05) is 0 Å². The van der Waals surface area contributed by atoms with Gasteiger partial charge in [0.1, 0.15) is 6.04 Å². The van der Waals surface area contributed by atoms with Crippen molar-refractivity contribution in [3.05, 3.63) is 29.8 Å². The van der Waals surface area contributed by atoms with Gasteiger partial charge in [0.25, 0.3) is 0 Å². The van der Waals surface area contributed by atoms with Gasteiger partial charge in [0.2, 0.25) is 5.91 Å². The lowest BCUT2D eigenvalue weighted by Crippen LogP contribution is -2.43. The number of likely N-dealkylation sites (tertiary alicyclic amines) is 1. The molecule has 0 unspecified atom stereocenters. The topological polar surface area (TPSA) is 133 Å². The van der Waals surface area contributed by atoms with Gasteiger partial charge in [-0.2, -0.15) is 0 Å².